The van der Waals surface area contributed by atoms with Gasteiger partial charge in [-0.25, -0.2) is 9.86 Å². The lowest BCUT2D eigenvalue weighted by molar-refractivity contribution is -0.138. The lowest BCUT2D eigenvalue weighted by Crippen LogP contribution is -2.39. The van der Waals surface area contributed by atoms with Crippen molar-refractivity contribution in [3.63, 3.8) is 0 Å². The molecule has 1 heterocycles. The highest BCUT2D eigenvalue weighted by molar-refractivity contribution is 5.85. The maximum Gasteiger partial charge on any atom is 0.332 e. The Morgan fingerprint density at radius 3 is 2.79 bits per heavy atom. The van der Waals surface area contributed by atoms with Crippen LogP contribution in [0.1, 0.15) is 5.56 Å². The van der Waals surface area contributed by atoms with Crippen molar-refractivity contribution in [2.45, 2.75) is 6.04 Å². The highest BCUT2D eigenvalue weighted by Gasteiger charge is 2.26. The zero-order valence-electron chi connectivity index (χ0n) is 7.29. The first-order valence-corrected chi connectivity index (χ1v) is 4.18. The van der Waals surface area contributed by atoms with Crippen LogP contribution < -0.4 is 5.06 Å². The molecule has 4 nitrogen and oxygen atoms in total. The lowest BCUT2D eigenvalue weighted by atomic mass is 10.1. The minimum atomic E-state index is -1.07. The van der Waals surface area contributed by atoms with Crippen molar-refractivity contribution in [3.8, 4) is 0 Å². The monoisotopic (exact) mass is 191 g/mol. The van der Waals surface area contributed by atoms with Crippen molar-refractivity contribution in [1.82, 2.24) is 0 Å². The Balaban J connectivity index is 2.44. The quantitative estimate of drug-likeness (QED) is 0.703. The highest BCUT2D eigenvalue weighted by atomic mass is 16.5. The van der Waals surface area contributed by atoms with Crippen LogP contribution in [0.4, 0.5) is 5.69 Å². The number of carbonyl (C=O) groups is 1. The van der Waals surface area contributed by atoms with E-state index in [1.165, 1.54) is 6.08 Å². The van der Waals surface area contributed by atoms with Gasteiger partial charge in [0.15, 0.2) is 6.04 Å². The molecule has 0 spiro atoms. The van der Waals surface area contributed by atoms with Gasteiger partial charge in [0.05, 0.1) is 5.69 Å². The van der Waals surface area contributed by atoms with E-state index >= 15 is 0 Å². The number of carboxylic acid groups (broad SMARTS) is 1. The molecule has 4 heteroatoms. The number of rotatable bonds is 1. The maximum atomic E-state index is 10.7. The molecule has 0 bridgehead atoms. The van der Waals surface area contributed by atoms with Crippen molar-refractivity contribution >= 4 is 17.7 Å². The summed E-state index contributed by atoms with van der Waals surface area (Å²) in [6.45, 7) is 0. The van der Waals surface area contributed by atoms with Gasteiger partial charge in [0.25, 0.3) is 0 Å². The van der Waals surface area contributed by atoms with E-state index in [0.29, 0.717) is 5.69 Å². The summed E-state index contributed by atoms with van der Waals surface area (Å²) in [5, 5.41) is 19.1. The molecule has 1 unspecified atom stereocenters. The van der Waals surface area contributed by atoms with Crippen LogP contribution in [0.5, 0.6) is 0 Å². The fourth-order valence-corrected chi connectivity index (χ4v) is 1.45. The fourth-order valence-electron chi connectivity index (χ4n) is 1.45. The Bertz CT molecular complexity index is 400. The van der Waals surface area contributed by atoms with Gasteiger partial charge >= 0.3 is 5.97 Å². The minimum absolute atomic E-state index is 0.516. The molecule has 0 aromatic heterocycles. The second-order valence-electron chi connectivity index (χ2n) is 3.05. The molecule has 1 atom stereocenters. The van der Waals surface area contributed by atoms with Crippen LogP contribution >= 0.6 is 0 Å². The van der Waals surface area contributed by atoms with E-state index in [2.05, 4.69) is 0 Å². The number of carboxylic acids is 1. The first kappa shape index (κ1) is 8.77. The third-order valence-corrected chi connectivity index (χ3v) is 2.16. The predicted molar refractivity (Wildman–Crippen MR) is 51.2 cm³/mol. The minimum Gasteiger partial charge on any atom is -0.479 e. The first-order chi connectivity index (χ1) is 6.70. The molecule has 1 aromatic carbocycles. The average Bonchev–Trinajstić information content (AvgIpc) is 2.18. The molecule has 1 aromatic rings. The molecule has 0 radical (unpaired) electrons. The number of benzene rings is 1. The van der Waals surface area contributed by atoms with Gasteiger partial charge in [-0.15, -0.1) is 0 Å². The summed E-state index contributed by atoms with van der Waals surface area (Å²) in [6, 6.07) is 6.07. The Morgan fingerprint density at radius 2 is 2.07 bits per heavy atom. The van der Waals surface area contributed by atoms with Gasteiger partial charge in [-0.05, 0) is 17.7 Å². The number of hydroxylamine groups is 1. The van der Waals surface area contributed by atoms with Crippen LogP contribution in [-0.2, 0) is 4.79 Å². The molecule has 1 aliphatic heterocycles. The largest absolute Gasteiger partial charge is 0.479 e. The summed E-state index contributed by atoms with van der Waals surface area (Å²) >= 11 is 0. The Kier molecular flexibility index (Phi) is 1.98. The number of hydrogen-bond donors (Lipinski definition) is 2. The van der Waals surface area contributed by atoms with Gasteiger partial charge in [0.2, 0.25) is 0 Å². The highest BCUT2D eigenvalue weighted by Crippen LogP contribution is 2.26. The van der Waals surface area contributed by atoms with E-state index in [4.69, 9.17) is 5.11 Å². The Morgan fingerprint density at radius 1 is 1.36 bits per heavy atom. The van der Waals surface area contributed by atoms with E-state index in [-0.39, 0.29) is 0 Å². The number of hydrogen-bond acceptors (Lipinski definition) is 3. The molecule has 0 aliphatic carbocycles. The van der Waals surface area contributed by atoms with Crippen molar-refractivity contribution in [1.29, 1.82) is 0 Å². The molecule has 14 heavy (non-hydrogen) atoms. The standard InChI is InChI=1S/C10H9NO3/c12-10(13)9-6-5-7-3-1-2-4-8(7)11(9)14/h1-6,9,14H,(H,12,13). The first-order valence-electron chi connectivity index (χ1n) is 4.18. The molecule has 0 fully saturated rings. The maximum absolute atomic E-state index is 10.7. The second-order valence-corrected chi connectivity index (χ2v) is 3.05. The molecular weight excluding hydrogens is 182 g/mol. The molecule has 1 aliphatic rings. The van der Waals surface area contributed by atoms with Crippen LogP contribution in [0.15, 0.2) is 30.3 Å². The van der Waals surface area contributed by atoms with Gasteiger partial charge in [-0.1, -0.05) is 24.3 Å². The van der Waals surface area contributed by atoms with Crippen LogP contribution in [-0.4, -0.2) is 22.3 Å². The van der Waals surface area contributed by atoms with E-state index in [1.54, 1.807) is 18.2 Å². The second kappa shape index (κ2) is 3.16. The molecule has 0 saturated carbocycles. The Hall–Kier alpha value is -1.81. The summed E-state index contributed by atoms with van der Waals surface area (Å²) in [5.41, 5.74) is 1.33. The van der Waals surface area contributed by atoms with E-state index in [0.717, 1.165) is 10.6 Å². The molecule has 72 valence electrons. The average molecular weight is 191 g/mol. The molecule has 2 rings (SSSR count). The van der Waals surface area contributed by atoms with Gasteiger partial charge < -0.3 is 5.11 Å². The summed E-state index contributed by atoms with van der Waals surface area (Å²) in [4.78, 5) is 10.7. The summed E-state index contributed by atoms with van der Waals surface area (Å²) in [5.74, 6) is -1.07. The zero-order valence-corrected chi connectivity index (χ0v) is 7.29. The molecule has 0 amide bonds. The summed E-state index contributed by atoms with van der Waals surface area (Å²) in [6.07, 6.45) is 3.14. The van der Waals surface area contributed by atoms with Gasteiger partial charge in [0, 0.05) is 0 Å². The number of para-hydroxylation sites is 1. The summed E-state index contributed by atoms with van der Waals surface area (Å²) < 4.78 is 0. The number of anilines is 1. The van der Waals surface area contributed by atoms with Gasteiger partial charge in [0.1, 0.15) is 0 Å². The van der Waals surface area contributed by atoms with Crippen LogP contribution in [0.25, 0.3) is 6.08 Å². The van der Waals surface area contributed by atoms with Crippen molar-refractivity contribution < 1.29 is 15.1 Å². The van der Waals surface area contributed by atoms with Crippen LogP contribution in [0.3, 0.4) is 0 Å². The SMILES string of the molecule is O=C(O)C1C=Cc2ccccc2N1O. The normalized spacial score (nSPS) is 19.2. The molecule has 2 N–H and O–H groups in total. The van der Waals surface area contributed by atoms with Crippen molar-refractivity contribution in [2.75, 3.05) is 5.06 Å². The number of aliphatic carboxylic acids is 1. The van der Waals surface area contributed by atoms with Gasteiger partial charge in [-0.2, -0.15) is 0 Å². The van der Waals surface area contributed by atoms with Crippen molar-refractivity contribution in [2.24, 2.45) is 0 Å². The fraction of sp³-hybridized carbons (Fsp3) is 0.100. The number of nitrogens with zero attached hydrogens (tertiary/aromatic N) is 1. The topological polar surface area (TPSA) is 60.8 Å². The van der Waals surface area contributed by atoms with E-state index in [9.17, 15) is 10.0 Å². The number of fused-ring (bicyclic) bond motifs is 1. The molecular formula is C10H9NO3. The lowest BCUT2D eigenvalue weighted by Gasteiger charge is -2.26. The third kappa shape index (κ3) is 1.25. The Labute approximate surface area is 80.7 Å². The van der Waals surface area contributed by atoms with Crippen LogP contribution in [0, 0.1) is 0 Å². The van der Waals surface area contributed by atoms with Crippen LogP contribution in [0.2, 0.25) is 0 Å². The molecule has 0 saturated heterocycles. The summed E-state index contributed by atoms with van der Waals surface area (Å²) in [7, 11) is 0. The van der Waals surface area contributed by atoms with E-state index in [1.807, 2.05) is 12.1 Å². The third-order valence-electron chi connectivity index (χ3n) is 2.16. The van der Waals surface area contributed by atoms with Crippen molar-refractivity contribution in [3.05, 3.63) is 35.9 Å². The smallest absolute Gasteiger partial charge is 0.332 e. The predicted octanol–water partition coefficient (Wildman–Crippen LogP) is 1.36. The van der Waals surface area contributed by atoms with Gasteiger partial charge in [-0.3, -0.25) is 5.21 Å². The zero-order chi connectivity index (χ0) is 10.1. The van der Waals surface area contributed by atoms with E-state index < -0.39 is 12.0 Å².